The predicted octanol–water partition coefficient (Wildman–Crippen LogP) is 4.49. The highest BCUT2D eigenvalue weighted by Gasteiger charge is 2.43. The maximum atomic E-state index is 14.3. The Bertz CT molecular complexity index is 842. The number of methoxy groups -OCH3 is 1. The number of benzene rings is 2. The molecular formula is C19H20BrClFN3O3. The fourth-order valence-electron chi connectivity index (χ4n) is 2.82. The van der Waals surface area contributed by atoms with Crippen molar-refractivity contribution >= 4 is 45.4 Å². The van der Waals surface area contributed by atoms with Crippen molar-refractivity contribution in [1.82, 2.24) is 0 Å². The van der Waals surface area contributed by atoms with E-state index in [1.807, 2.05) is 6.07 Å². The van der Waals surface area contributed by atoms with Gasteiger partial charge in [-0.05, 0) is 24.3 Å². The van der Waals surface area contributed by atoms with Crippen LogP contribution in [0, 0.1) is 5.82 Å². The Morgan fingerprint density at radius 1 is 1.21 bits per heavy atom. The van der Waals surface area contributed by atoms with Crippen LogP contribution >= 0.6 is 27.7 Å². The molecular weight excluding hydrogens is 453 g/mol. The minimum Gasteiger partial charge on any atom is -0.491 e. The molecule has 0 aliphatic carbocycles. The number of ether oxygens (including phenoxy) is 3. The third-order valence-electron chi connectivity index (χ3n) is 4.13. The van der Waals surface area contributed by atoms with Crippen LogP contribution in [0.4, 0.5) is 15.8 Å². The SMILES string of the molecule is COC1(N(Cl)c2ccccc2F)N=CNc2cc(OCCOCCBr)ccc21. The third kappa shape index (κ3) is 4.25. The van der Waals surface area contributed by atoms with Gasteiger partial charge in [0.25, 0.3) is 5.85 Å². The van der Waals surface area contributed by atoms with E-state index in [9.17, 15) is 4.39 Å². The van der Waals surface area contributed by atoms with Crippen LogP contribution in [0.5, 0.6) is 5.75 Å². The largest absolute Gasteiger partial charge is 0.491 e. The van der Waals surface area contributed by atoms with Gasteiger partial charge in [-0.1, -0.05) is 28.1 Å². The number of halogens is 3. The Morgan fingerprint density at radius 2 is 2.04 bits per heavy atom. The van der Waals surface area contributed by atoms with Crippen molar-refractivity contribution in [3.05, 3.63) is 53.8 Å². The topological polar surface area (TPSA) is 55.3 Å². The molecule has 1 aliphatic heterocycles. The summed E-state index contributed by atoms with van der Waals surface area (Å²) < 4.78 is 32.2. The lowest BCUT2D eigenvalue weighted by molar-refractivity contribution is 0.00404. The molecule has 0 spiro atoms. The monoisotopic (exact) mass is 471 g/mol. The van der Waals surface area contributed by atoms with Crippen LogP contribution in [-0.4, -0.2) is 38.6 Å². The standard InChI is InChI=1S/C19H20BrClFN3O3/c1-26-19(25(21)18-5-3-2-4-16(18)22)15-7-6-14(12-17(15)23-13-24-19)28-11-10-27-9-8-20/h2-7,12-13H,8-11H2,1H3,(H,23,24). The van der Waals surface area contributed by atoms with E-state index >= 15 is 0 Å². The minimum absolute atomic E-state index is 0.153. The van der Waals surface area contributed by atoms with E-state index in [0.29, 0.717) is 36.8 Å². The van der Waals surface area contributed by atoms with Crippen molar-refractivity contribution in [2.24, 2.45) is 4.99 Å². The molecule has 1 heterocycles. The highest BCUT2D eigenvalue weighted by atomic mass is 79.9. The van der Waals surface area contributed by atoms with Gasteiger partial charge in [0.15, 0.2) is 0 Å². The van der Waals surface area contributed by atoms with Gasteiger partial charge in [-0.25, -0.2) is 13.8 Å². The van der Waals surface area contributed by atoms with E-state index in [2.05, 4.69) is 26.2 Å². The Hall–Kier alpha value is -1.87. The Balaban J connectivity index is 1.85. The molecule has 1 N–H and O–H groups in total. The highest BCUT2D eigenvalue weighted by Crippen LogP contribution is 2.43. The number of para-hydroxylation sites is 1. The van der Waals surface area contributed by atoms with Crippen molar-refractivity contribution in [3.63, 3.8) is 0 Å². The van der Waals surface area contributed by atoms with Crippen LogP contribution in [-0.2, 0) is 15.3 Å². The zero-order valence-electron chi connectivity index (χ0n) is 15.2. The molecule has 0 fully saturated rings. The van der Waals surface area contributed by atoms with Gasteiger partial charge in [0, 0.05) is 30.3 Å². The van der Waals surface area contributed by atoms with Crippen molar-refractivity contribution in [2.45, 2.75) is 5.85 Å². The molecule has 1 unspecified atom stereocenters. The second kappa shape index (κ2) is 9.56. The average Bonchev–Trinajstić information content (AvgIpc) is 2.72. The molecule has 9 heteroatoms. The Morgan fingerprint density at radius 3 is 2.79 bits per heavy atom. The molecule has 0 amide bonds. The fourth-order valence-corrected chi connectivity index (χ4v) is 3.39. The van der Waals surface area contributed by atoms with Gasteiger partial charge in [-0.3, -0.25) is 0 Å². The lowest BCUT2D eigenvalue weighted by Gasteiger charge is -2.39. The number of rotatable bonds is 9. The van der Waals surface area contributed by atoms with E-state index < -0.39 is 11.7 Å². The summed E-state index contributed by atoms with van der Waals surface area (Å²) in [6.45, 7) is 1.54. The van der Waals surface area contributed by atoms with Gasteiger partial charge >= 0.3 is 0 Å². The second-order valence-corrected chi connectivity index (χ2v) is 6.94. The predicted molar refractivity (Wildman–Crippen MR) is 112 cm³/mol. The number of alkyl halides is 1. The lowest BCUT2D eigenvalue weighted by Crippen LogP contribution is -2.44. The lowest BCUT2D eigenvalue weighted by atomic mass is 10.1. The maximum absolute atomic E-state index is 14.3. The molecule has 2 aromatic carbocycles. The van der Waals surface area contributed by atoms with Crippen LogP contribution in [0.2, 0.25) is 0 Å². The Labute approximate surface area is 176 Å². The number of nitrogens with one attached hydrogen (secondary N) is 1. The van der Waals surface area contributed by atoms with Crippen LogP contribution in [0.25, 0.3) is 0 Å². The summed E-state index contributed by atoms with van der Waals surface area (Å²) >= 11 is 9.82. The fraction of sp³-hybridized carbons (Fsp3) is 0.316. The molecule has 0 radical (unpaired) electrons. The summed E-state index contributed by atoms with van der Waals surface area (Å²) in [6, 6.07) is 11.5. The zero-order chi connectivity index (χ0) is 20.0. The van der Waals surface area contributed by atoms with Crippen molar-refractivity contribution in [3.8, 4) is 5.75 Å². The summed E-state index contributed by atoms with van der Waals surface area (Å²) in [6.07, 6.45) is 1.46. The summed E-state index contributed by atoms with van der Waals surface area (Å²) in [5.74, 6) is -1.25. The van der Waals surface area contributed by atoms with Crippen molar-refractivity contribution in [1.29, 1.82) is 0 Å². The molecule has 0 saturated heterocycles. The summed E-state index contributed by atoms with van der Waals surface area (Å²) in [7, 11) is 1.47. The van der Waals surface area contributed by atoms with E-state index in [-0.39, 0.29) is 5.69 Å². The smallest absolute Gasteiger partial charge is 0.284 e. The Kier molecular flexibility index (Phi) is 7.12. The zero-order valence-corrected chi connectivity index (χ0v) is 17.5. The highest BCUT2D eigenvalue weighted by molar-refractivity contribution is 9.09. The molecule has 0 saturated carbocycles. The van der Waals surface area contributed by atoms with Gasteiger partial charge in [-0.15, -0.1) is 0 Å². The van der Waals surface area contributed by atoms with Gasteiger partial charge in [0.05, 0.1) is 36.5 Å². The van der Waals surface area contributed by atoms with Gasteiger partial charge in [-0.2, -0.15) is 0 Å². The van der Waals surface area contributed by atoms with E-state index in [1.165, 1.54) is 19.5 Å². The molecule has 0 aromatic heterocycles. The normalized spacial score (nSPS) is 17.7. The molecule has 6 nitrogen and oxygen atoms in total. The number of nitrogens with zero attached hydrogens (tertiary/aromatic N) is 2. The molecule has 150 valence electrons. The first kappa shape index (κ1) is 20.9. The van der Waals surface area contributed by atoms with Crippen LogP contribution in [0.15, 0.2) is 47.5 Å². The first-order valence-corrected chi connectivity index (χ1v) is 10.1. The van der Waals surface area contributed by atoms with E-state index in [1.54, 1.807) is 30.3 Å². The quantitative estimate of drug-likeness (QED) is 0.252. The second-order valence-electron chi connectivity index (χ2n) is 5.80. The summed E-state index contributed by atoms with van der Waals surface area (Å²) in [5.41, 5.74) is 1.47. The van der Waals surface area contributed by atoms with Crippen LogP contribution in [0.1, 0.15) is 5.56 Å². The summed E-state index contributed by atoms with van der Waals surface area (Å²) in [5, 5.41) is 3.84. The average molecular weight is 473 g/mol. The van der Waals surface area contributed by atoms with Crippen molar-refractivity contribution < 1.29 is 18.6 Å². The molecule has 1 atom stereocenters. The molecule has 0 bridgehead atoms. The number of hydrogen-bond acceptors (Lipinski definition) is 6. The molecule has 1 aliphatic rings. The van der Waals surface area contributed by atoms with Gasteiger partial charge in [0.1, 0.15) is 18.2 Å². The first-order valence-electron chi connectivity index (χ1n) is 8.59. The third-order valence-corrected chi connectivity index (χ3v) is 4.87. The molecule has 2 aromatic rings. The van der Waals surface area contributed by atoms with Gasteiger partial charge in [0.2, 0.25) is 0 Å². The number of hydrogen-bond donors (Lipinski definition) is 1. The molecule has 28 heavy (non-hydrogen) atoms. The van der Waals surface area contributed by atoms with Crippen LogP contribution < -0.4 is 14.5 Å². The van der Waals surface area contributed by atoms with Crippen LogP contribution in [0.3, 0.4) is 0 Å². The molecule has 3 rings (SSSR count). The van der Waals surface area contributed by atoms with Crippen molar-refractivity contribution in [2.75, 3.05) is 42.0 Å². The minimum atomic E-state index is -1.43. The number of aliphatic imine (C=N–C) groups is 1. The van der Waals surface area contributed by atoms with E-state index in [0.717, 1.165) is 9.75 Å². The number of fused-ring (bicyclic) bond motifs is 1. The summed E-state index contributed by atoms with van der Waals surface area (Å²) in [4.78, 5) is 4.37. The first-order chi connectivity index (χ1) is 13.6. The van der Waals surface area contributed by atoms with E-state index in [4.69, 9.17) is 26.0 Å². The van der Waals surface area contributed by atoms with Gasteiger partial charge < -0.3 is 19.5 Å². The maximum Gasteiger partial charge on any atom is 0.284 e. The number of anilines is 2.